The van der Waals surface area contributed by atoms with E-state index in [-0.39, 0.29) is 11.8 Å². The van der Waals surface area contributed by atoms with Crippen LogP contribution in [0.15, 0.2) is 42.5 Å². The zero-order valence-electron chi connectivity index (χ0n) is 17.4. The molecule has 3 fully saturated rings. The van der Waals surface area contributed by atoms with E-state index in [4.69, 9.17) is 11.2 Å². The lowest BCUT2D eigenvalue weighted by Gasteiger charge is -2.37. The fourth-order valence-corrected chi connectivity index (χ4v) is 5.14. The zero-order chi connectivity index (χ0) is 22.5. The van der Waals surface area contributed by atoms with Crippen LogP contribution in [0.25, 0.3) is 0 Å². The van der Waals surface area contributed by atoms with Gasteiger partial charge >= 0.3 is 0 Å². The summed E-state index contributed by atoms with van der Waals surface area (Å²) in [5.74, 6) is 0.923. The molecule has 5 nitrogen and oxygen atoms in total. The summed E-state index contributed by atoms with van der Waals surface area (Å²) in [5, 5.41) is 0. The maximum atomic E-state index is 13.8. The lowest BCUT2D eigenvalue weighted by molar-refractivity contribution is -0.142. The number of benzene rings is 2. The Morgan fingerprint density at radius 2 is 1.81 bits per heavy atom. The SMILES string of the molecule is C#Cc1cccc(C(=O)N2CCC3(CC2)OC2CCC(c4cc(F)cc(F)c4)N2C3=O)c1. The van der Waals surface area contributed by atoms with Crippen LogP contribution in [-0.4, -0.2) is 46.5 Å². The van der Waals surface area contributed by atoms with Gasteiger partial charge in [-0.1, -0.05) is 12.0 Å². The minimum absolute atomic E-state index is 0.129. The molecule has 5 rings (SSSR count). The Balaban J connectivity index is 1.31. The van der Waals surface area contributed by atoms with Crippen molar-refractivity contribution in [3.8, 4) is 12.3 Å². The number of carbonyl (C=O) groups is 2. The van der Waals surface area contributed by atoms with Crippen molar-refractivity contribution in [2.24, 2.45) is 0 Å². The summed E-state index contributed by atoms with van der Waals surface area (Å²) < 4.78 is 33.7. The van der Waals surface area contributed by atoms with Crippen LogP contribution in [0.4, 0.5) is 8.78 Å². The van der Waals surface area contributed by atoms with E-state index < -0.39 is 29.5 Å². The van der Waals surface area contributed by atoms with Gasteiger partial charge in [0, 0.05) is 43.1 Å². The molecule has 3 aliphatic rings. The number of likely N-dealkylation sites (tertiary alicyclic amines) is 1. The molecule has 3 aliphatic heterocycles. The summed E-state index contributed by atoms with van der Waals surface area (Å²) in [6.45, 7) is 0.759. The molecule has 3 saturated heterocycles. The highest BCUT2D eigenvalue weighted by Gasteiger charge is 2.58. The molecular formula is C25H22F2N2O3. The van der Waals surface area contributed by atoms with Crippen molar-refractivity contribution in [2.75, 3.05) is 13.1 Å². The van der Waals surface area contributed by atoms with E-state index in [1.165, 1.54) is 12.1 Å². The average molecular weight is 436 g/mol. The quantitative estimate of drug-likeness (QED) is 0.676. The topological polar surface area (TPSA) is 49.9 Å². The third-order valence-electron chi connectivity index (χ3n) is 6.72. The molecule has 0 N–H and O–H groups in total. The molecule has 0 aliphatic carbocycles. The Morgan fingerprint density at radius 3 is 2.50 bits per heavy atom. The van der Waals surface area contributed by atoms with E-state index in [1.54, 1.807) is 34.1 Å². The Bertz CT molecular complexity index is 1110. The van der Waals surface area contributed by atoms with Crippen LogP contribution < -0.4 is 0 Å². The summed E-state index contributed by atoms with van der Waals surface area (Å²) in [6, 6.07) is 9.89. The van der Waals surface area contributed by atoms with E-state index in [2.05, 4.69) is 5.92 Å². The zero-order valence-corrected chi connectivity index (χ0v) is 17.4. The van der Waals surface area contributed by atoms with Crippen molar-refractivity contribution in [3.63, 3.8) is 0 Å². The standard InChI is InChI=1S/C25H22F2N2O3/c1-2-16-4-3-5-17(12-16)23(30)28-10-8-25(9-11-28)24(31)29-21(6-7-22(29)32-25)18-13-19(26)15-20(27)14-18/h1,3-5,12-15,21-22H,6-11H2. The molecular weight excluding hydrogens is 414 g/mol. The number of carbonyl (C=O) groups excluding carboxylic acids is 2. The number of nitrogens with zero attached hydrogens (tertiary/aromatic N) is 2. The molecule has 2 unspecified atom stereocenters. The lowest BCUT2D eigenvalue weighted by atomic mass is 9.89. The number of amides is 2. The van der Waals surface area contributed by atoms with Gasteiger partial charge in [0.05, 0.1) is 6.04 Å². The first-order chi connectivity index (χ1) is 15.4. The molecule has 2 amide bonds. The highest BCUT2D eigenvalue weighted by atomic mass is 19.1. The first-order valence-corrected chi connectivity index (χ1v) is 10.7. The molecule has 7 heteroatoms. The summed E-state index contributed by atoms with van der Waals surface area (Å²) in [6.07, 6.45) is 6.98. The van der Waals surface area contributed by atoms with Gasteiger partial charge in [-0.05, 0) is 48.7 Å². The van der Waals surface area contributed by atoms with Crippen molar-refractivity contribution >= 4 is 11.8 Å². The smallest absolute Gasteiger partial charge is 0.257 e. The van der Waals surface area contributed by atoms with Crippen LogP contribution in [0.2, 0.25) is 0 Å². The Hall–Kier alpha value is -3.24. The molecule has 0 bridgehead atoms. The minimum Gasteiger partial charge on any atom is -0.342 e. The van der Waals surface area contributed by atoms with E-state index in [0.29, 0.717) is 55.5 Å². The van der Waals surface area contributed by atoms with Crippen LogP contribution in [-0.2, 0) is 9.53 Å². The van der Waals surface area contributed by atoms with Crippen LogP contribution in [0.5, 0.6) is 0 Å². The fraction of sp³-hybridized carbons (Fsp3) is 0.360. The van der Waals surface area contributed by atoms with Crippen molar-refractivity contribution < 1.29 is 23.1 Å². The summed E-state index contributed by atoms with van der Waals surface area (Å²) in [5.41, 5.74) is 0.607. The largest absolute Gasteiger partial charge is 0.342 e. The maximum absolute atomic E-state index is 13.8. The van der Waals surface area contributed by atoms with E-state index in [0.717, 1.165) is 6.07 Å². The van der Waals surface area contributed by atoms with Gasteiger partial charge in [0.2, 0.25) is 0 Å². The second-order valence-corrected chi connectivity index (χ2v) is 8.59. The van der Waals surface area contributed by atoms with Crippen LogP contribution in [0.1, 0.15) is 53.2 Å². The Labute approximate surface area is 185 Å². The fourth-order valence-electron chi connectivity index (χ4n) is 5.14. The normalized spacial score (nSPS) is 24.0. The van der Waals surface area contributed by atoms with E-state index in [9.17, 15) is 18.4 Å². The average Bonchev–Trinajstić information content (AvgIpc) is 3.31. The second kappa shape index (κ2) is 7.72. The lowest BCUT2D eigenvalue weighted by Crippen LogP contribution is -2.51. The molecule has 0 saturated carbocycles. The predicted molar refractivity (Wildman–Crippen MR) is 112 cm³/mol. The van der Waals surface area contributed by atoms with Gasteiger partial charge in [0.25, 0.3) is 11.8 Å². The number of hydrogen-bond acceptors (Lipinski definition) is 3. The van der Waals surface area contributed by atoms with Crippen molar-refractivity contribution in [2.45, 2.75) is 43.6 Å². The molecule has 2 atom stereocenters. The predicted octanol–water partition coefficient (Wildman–Crippen LogP) is 3.64. The van der Waals surface area contributed by atoms with Gasteiger partial charge in [-0.15, -0.1) is 6.42 Å². The Morgan fingerprint density at radius 1 is 1.09 bits per heavy atom. The molecule has 0 radical (unpaired) electrons. The minimum atomic E-state index is -0.993. The number of halogens is 2. The van der Waals surface area contributed by atoms with Gasteiger partial charge in [-0.2, -0.15) is 0 Å². The van der Waals surface area contributed by atoms with Crippen molar-refractivity contribution in [1.82, 2.24) is 9.80 Å². The van der Waals surface area contributed by atoms with Gasteiger partial charge < -0.3 is 14.5 Å². The van der Waals surface area contributed by atoms with E-state index in [1.807, 2.05) is 0 Å². The van der Waals surface area contributed by atoms with Gasteiger partial charge in [0.15, 0.2) is 5.60 Å². The summed E-state index contributed by atoms with van der Waals surface area (Å²) in [7, 11) is 0. The molecule has 32 heavy (non-hydrogen) atoms. The third-order valence-corrected chi connectivity index (χ3v) is 6.72. The van der Waals surface area contributed by atoms with Crippen molar-refractivity contribution in [3.05, 3.63) is 70.8 Å². The maximum Gasteiger partial charge on any atom is 0.257 e. The third kappa shape index (κ3) is 3.35. The number of terminal acetylenes is 1. The first-order valence-electron chi connectivity index (χ1n) is 10.7. The molecule has 0 aromatic heterocycles. The number of hydrogen-bond donors (Lipinski definition) is 0. The monoisotopic (exact) mass is 436 g/mol. The van der Waals surface area contributed by atoms with Crippen LogP contribution in [0, 0.1) is 24.0 Å². The number of fused-ring (bicyclic) bond motifs is 1. The highest BCUT2D eigenvalue weighted by molar-refractivity contribution is 5.95. The highest BCUT2D eigenvalue weighted by Crippen LogP contribution is 2.47. The van der Waals surface area contributed by atoms with E-state index >= 15 is 0 Å². The van der Waals surface area contributed by atoms with Gasteiger partial charge in [0.1, 0.15) is 17.9 Å². The molecule has 3 heterocycles. The van der Waals surface area contributed by atoms with Crippen LogP contribution in [0.3, 0.4) is 0 Å². The second-order valence-electron chi connectivity index (χ2n) is 8.59. The first kappa shape index (κ1) is 20.7. The molecule has 1 spiro atoms. The van der Waals surface area contributed by atoms with Gasteiger partial charge in [-0.3, -0.25) is 9.59 Å². The number of piperidine rings is 1. The molecule has 2 aromatic carbocycles. The molecule has 164 valence electrons. The Kier molecular flexibility index (Phi) is 4.98. The number of rotatable bonds is 2. The van der Waals surface area contributed by atoms with Crippen LogP contribution >= 0.6 is 0 Å². The summed E-state index contributed by atoms with van der Waals surface area (Å²) >= 11 is 0. The summed E-state index contributed by atoms with van der Waals surface area (Å²) in [4.78, 5) is 29.7. The van der Waals surface area contributed by atoms with Crippen molar-refractivity contribution in [1.29, 1.82) is 0 Å². The number of ether oxygens (including phenoxy) is 1. The molecule has 2 aromatic rings. The van der Waals surface area contributed by atoms with Gasteiger partial charge in [-0.25, -0.2) is 8.78 Å².